The van der Waals surface area contributed by atoms with Gasteiger partial charge in [0.05, 0.1) is 0 Å². The molecule has 0 saturated carbocycles. The third-order valence-corrected chi connectivity index (χ3v) is 4.30. The molecule has 3 aromatic rings. The highest BCUT2D eigenvalue weighted by Gasteiger charge is 2.33. The van der Waals surface area contributed by atoms with E-state index in [-0.39, 0.29) is 11.4 Å². The predicted molar refractivity (Wildman–Crippen MR) is 95.3 cm³/mol. The van der Waals surface area contributed by atoms with Crippen LogP contribution in [0.3, 0.4) is 0 Å². The lowest BCUT2D eigenvalue weighted by Gasteiger charge is -2.30. The van der Waals surface area contributed by atoms with Crippen LogP contribution in [0.2, 0.25) is 0 Å². The minimum absolute atomic E-state index is 0.250. The first kappa shape index (κ1) is 19.0. The van der Waals surface area contributed by atoms with Gasteiger partial charge in [-0.3, -0.25) is 0 Å². The zero-order valence-electron chi connectivity index (χ0n) is 14.9. The van der Waals surface area contributed by atoms with Gasteiger partial charge in [-0.2, -0.15) is 0 Å². The number of aryl methyl sites for hydroxylation is 1. The number of aliphatic hydroxyl groups is 1. The number of anilines is 1. The smallest absolute Gasteiger partial charge is 0.440 e. The van der Waals surface area contributed by atoms with Gasteiger partial charge in [-0.25, -0.2) is 9.37 Å². The second kappa shape index (κ2) is 6.93. The third-order valence-electron chi connectivity index (χ3n) is 4.30. The normalized spacial score (nSPS) is 16.4. The summed E-state index contributed by atoms with van der Waals surface area (Å²) in [6.45, 7) is 1.63. The van der Waals surface area contributed by atoms with E-state index in [1.54, 1.807) is 25.3 Å². The number of ether oxygens (including phenoxy) is 1. The van der Waals surface area contributed by atoms with Crippen LogP contribution in [0.4, 0.5) is 23.2 Å². The number of benzene rings is 2. The molecule has 9 heteroatoms. The maximum atomic E-state index is 13.3. The fraction of sp³-hybridized carbons (Fsp3) is 0.150. The zero-order valence-corrected chi connectivity index (χ0v) is 14.9. The minimum Gasteiger partial charge on any atom is -0.440 e. The lowest BCUT2D eigenvalue weighted by Crippen LogP contribution is -2.27. The molecule has 5 nitrogen and oxygen atoms in total. The van der Waals surface area contributed by atoms with Gasteiger partial charge in [-0.15, -0.1) is 13.2 Å². The number of halogens is 4. The van der Waals surface area contributed by atoms with Crippen LogP contribution in [0.25, 0.3) is 5.57 Å². The Morgan fingerprint density at radius 2 is 1.72 bits per heavy atom. The van der Waals surface area contributed by atoms with E-state index in [0.717, 1.165) is 12.1 Å². The first-order valence-corrected chi connectivity index (χ1v) is 8.49. The standard InChI is InChI=1S/C20H14F4N2O3/c1-11-25-17-18(28-11)16(12-2-4-13(21)5-3-12)10-26(19(17)27)14-6-8-15(9-7-14)29-20(22,23)24/h2-10,19,27H,1H3. The van der Waals surface area contributed by atoms with Crippen LogP contribution in [0.1, 0.15) is 29.1 Å². The SMILES string of the molecule is Cc1nc2c(o1)C(c1ccc(F)cc1)=CN(c1ccc(OC(F)(F)F)cc1)C2O. The summed E-state index contributed by atoms with van der Waals surface area (Å²) in [6, 6.07) is 10.7. The molecule has 2 aromatic carbocycles. The number of rotatable bonds is 3. The topological polar surface area (TPSA) is 58.7 Å². The van der Waals surface area contributed by atoms with E-state index in [9.17, 15) is 22.7 Å². The summed E-state index contributed by atoms with van der Waals surface area (Å²) >= 11 is 0. The van der Waals surface area contributed by atoms with E-state index in [0.29, 0.717) is 28.5 Å². The van der Waals surface area contributed by atoms with Crippen LogP contribution in [0.5, 0.6) is 5.75 Å². The number of oxazole rings is 1. The van der Waals surface area contributed by atoms with Crippen molar-refractivity contribution < 1.29 is 31.8 Å². The van der Waals surface area contributed by atoms with E-state index in [1.165, 1.54) is 29.2 Å². The second-order valence-corrected chi connectivity index (χ2v) is 6.32. The molecule has 150 valence electrons. The van der Waals surface area contributed by atoms with E-state index in [4.69, 9.17) is 4.42 Å². The number of aliphatic hydroxyl groups excluding tert-OH is 1. The van der Waals surface area contributed by atoms with Gasteiger partial charge in [-0.1, -0.05) is 12.1 Å². The number of fused-ring (bicyclic) bond motifs is 1. The molecule has 0 radical (unpaired) electrons. The van der Waals surface area contributed by atoms with Gasteiger partial charge in [0.25, 0.3) is 0 Å². The summed E-state index contributed by atoms with van der Waals surface area (Å²) in [5.74, 6) is -0.113. The molecule has 1 aromatic heterocycles. The van der Waals surface area contributed by atoms with E-state index in [2.05, 4.69) is 9.72 Å². The summed E-state index contributed by atoms with van der Waals surface area (Å²) in [5.41, 5.74) is 1.82. The maximum Gasteiger partial charge on any atom is 0.573 e. The molecule has 1 aliphatic heterocycles. The first-order valence-electron chi connectivity index (χ1n) is 8.49. The molecule has 0 amide bonds. The van der Waals surface area contributed by atoms with Crippen molar-refractivity contribution in [3.05, 3.63) is 83.5 Å². The molecular formula is C20H14F4N2O3. The number of nitrogens with zero attached hydrogens (tertiary/aromatic N) is 2. The molecule has 0 fully saturated rings. The Balaban J connectivity index is 1.75. The Kier molecular flexibility index (Phi) is 4.54. The van der Waals surface area contributed by atoms with Gasteiger partial charge in [0, 0.05) is 24.4 Å². The Labute approximate surface area is 162 Å². The Morgan fingerprint density at radius 1 is 1.07 bits per heavy atom. The molecule has 0 aliphatic carbocycles. The van der Waals surface area contributed by atoms with Gasteiger partial charge in [-0.05, 0) is 42.0 Å². The fourth-order valence-corrected chi connectivity index (χ4v) is 3.08. The molecular weight excluding hydrogens is 392 g/mol. The first-order chi connectivity index (χ1) is 13.7. The molecule has 29 heavy (non-hydrogen) atoms. The van der Waals surface area contributed by atoms with Crippen molar-refractivity contribution in [2.75, 3.05) is 4.90 Å². The molecule has 4 rings (SSSR count). The van der Waals surface area contributed by atoms with Crippen LogP contribution in [-0.2, 0) is 0 Å². The van der Waals surface area contributed by atoms with E-state index < -0.39 is 18.4 Å². The van der Waals surface area contributed by atoms with E-state index in [1.807, 2.05) is 0 Å². The van der Waals surface area contributed by atoms with Gasteiger partial charge in [0.15, 0.2) is 17.9 Å². The van der Waals surface area contributed by atoms with Gasteiger partial charge in [0.1, 0.15) is 17.3 Å². The predicted octanol–water partition coefficient (Wildman–Crippen LogP) is 4.92. The van der Waals surface area contributed by atoms with Crippen molar-refractivity contribution in [2.45, 2.75) is 19.5 Å². The van der Waals surface area contributed by atoms with Crippen molar-refractivity contribution in [2.24, 2.45) is 0 Å². The van der Waals surface area contributed by atoms with Crippen molar-refractivity contribution in [1.29, 1.82) is 0 Å². The van der Waals surface area contributed by atoms with Crippen molar-refractivity contribution in [3.63, 3.8) is 0 Å². The number of hydrogen-bond donors (Lipinski definition) is 1. The van der Waals surface area contributed by atoms with Crippen LogP contribution < -0.4 is 9.64 Å². The van der Waals surface area contributed by atoms with Gasteiger partial charge < -0.3 is 19.2 Å². The highest BCUT2D eigenvalue weighted by atomic mass is 19.4. The molecule has 1 aliphatic rings. The lowest BCUT2D eigenvalue weighted by molar-refractivity contribution is -0.274. The van der Waals surface area contributed by atoms with Crippen molar-refractivity contribution in [1.82, 2.24) is 4.98 Å². The van der Waals surface area contributed by atoms with Crippen molar-refractivity contribution >= 4 is 11.3 Å². The molecule has 1 atom stereocenters. The molecule has 0 spiro atoms. The largest absolute Gasteiger partial charge is 0.573 e. The summed E-state index contributed by atoms with van der Waals surface area (Å²) in [7, 11) is 0. The van der Waals surface area contributed by atoms with E-state index >= 15 is 0 Å². The quantitative estimate of drug-likeness (QED) is 0.626. The summed E-state index contributed by atoms with van der Waals surface area (Å²) < 4.78 is 59.9. The Bertz CT molecular complexity index is 1060. The zero-order chi connectivity index (χ0) is 20.8. The lowest BCUT2D eigenvalue weighted by atomic mass is 9.99. The highest BCUT2D eigenvalue weighted by Crippen LogP contribution is 2.40. The molecule has 1 unspecified atom stereocenters. The summed E-state index contributed by atoms with van der Waals surface area (Å²) in [5, 5.41) is 10.7. The highest BCUT2D eigenvalue weighted by molar-refractivity contribution is 5.82. The molecule has 2 heterocycles. The Morgan fingerprint density at radius 3 is 2.34 bits per heavy atom. The average molecular weight is 406 g/mol. The third kappa shape index (κ3) is 3.81. The number of alkyl halides is 3. The second-order valence-electron chi connectivity index (χ2n) is 6.32. The van der Waals surface area contributed by atoms with Crippen LogP contribution >= 0.6 is 0 Å². The number of aromatic nitrogens is 1. The minimum atomic E-state index is -4.80. The average Bonchev–Trinajstić information content (AvgIpc) is 3.05. The van der Waals surface area contributed by atoms with Crippen molar-refractivity contribution in [3.8, 4) is 5.75 Å². The van der Waals surface area contributed by atoms with Crippen LogP contribution in [-0.4, -0.2) is 16.5 Å². The van der Waals surface area contributed by atoms with Crippen LogP contribution in [0.15, 0.2) is 59.1 Å². The summed E-state index contributed by atoms with van der Waals surface area (Å²) in [6.07, 6.45) is -4.44. The fourth-order valence-electron chi connectivity index (χ4n) is 3.08. The summed E-state index contributed by atoms with van der Waals surface area (Å²) in [4.78, 5) is 5.65. The number of hydrogen-bond acceptors (Lipinski definition) is 5. The molecule has 0 bridgehead atoms. The van der Waals surface area contributed by atoms with Gasteiger partial charge in [0.2, 0.25) is 0 Å². The van der Waals surface area contributed by atoms with Gasteiger partial charge >= 0.3 is 6.36 Å². The molecule has 0 saturated heterocycles. The monoisotopic (exact) mass is 406 g/mol. The molecule has 1 N–H and O–H groups in total. The Hall–Kier alpha value is -3.33. The maximum absolute atomic E-state index is 13.3. The van der Waals surface area contributed by atoms with Crippen LogP contribution in [0, 0.1) is 12.7 Å².